The minimum Gasteiger partial charge on any atom is -0.480 e. The number of hydrogen-bond acceptors (Lipinski definition) is 7. The number of rotatable bonds is 16. The van der Waals surface area contributed by atoms with Crippen LogP contribution in [0.15, 0.2) is 35.3 Å². The molecule has 1 aromatic carbocycles. The molecule has 0 aliphatic carbocycles. The van der Waals surface area contributed by atoms with Crippen LogP contribution in [0.5, 0.6) is 0 Å². The number of amides is 3. The van der Waals surface area contributed by atoms with Gasteiger partial charge < -0.3 is 38.3 Å². The van der Waals surface area contributed by atoms with Crippen LogP contribution in [0.4, 0.5) is 0 Å². The van der Waals surface area contributed by atoms with Crippen molar-refractivity contribution in [1.82, 2.24) is 16.0 Å². The van der Waals surface area contributed by atoms with Gasteiger partial charge in [0.2, 0.25) is 17.7 Å². The van der Waals surface area contributed by atoms with Crippen LogP contribution in [0.25, 0.3) is 0 Å². The van der Waals surface area contributed by atoms with Crippen molar-refractivity contribution in [2.24, 2.45) is 22.2 Å². The average molecular weight is 524 g/mol. The Morgan fingerprint density at radius 3 is 2.19 bits per heavy atom. The third-order valence-corrected chi connectivity index (χ3v) is 5.84. The van der Waals surface area contributed by atoms with Crippen molar-refractivity contribution in [2.45, 2.75) is 56.8 Å². The molecule has 0 saturated heterocycles. The second kappa shape index (κ2) is 16.4. The molecule has 0 spiro atoms. The van der Waals surface area contributed by atoms with Crippen LogP contribution in [0.2, 0.25) is 0 Å². The Hall–Kier alpha value is -3.32. The summed E-state index contributed by atoms with van der Waals surface area (Å²) in [6, 6.07) is 4.84. The lowest BCUT2D eigenvalue weighted by atomic mass is 10.0. The number of benzene rings is 1. The minimum atomic E-state index is -1.21. The number of nitrogens with zero attached hydrogens (tertiary/aromatic N) is 1. The highest BCUT2D eigenvalue weighted by atomic mass is 32.2. The SMILES string of the molecule is CSCCC(N)C(=O)NC(C)C(=O)NC(CCCN=C(N)N)C(=O)NC(Cc1ccccc1)C(=O)O. The van der Waals surface area contributed by atoms with E-state index in [9.17, 15) is 24.3 Å². The first-order valence-corrected chi connectivity index (χ1v) is 12.9. The van der Waals surface area contributed by atoms with E-state index in [4.69, 9.17) is 17.2 Å². The van der Waals surface area contributed by atoms with Crippen LogP contribution in [-0.2, 0) is 25.6 Å². The summed E-state index contributed by atoms with van der Waals surface area (Å²) < 4.78 is 0. The Morgan fingerprint density at radius 2 is 1.61 bits per heavy atom. The summed E-state index contributed by atoms with van der Waals surface area (Å²) in [4.78, 5) is 53.6. The van der Waals surface area contributed by atoms with Gasteiger partial charge in [-0.1, -0.05) is 30.3 Å². The van der Waals surface area contributed by atoms with Crippen molar-refractivity contribution in [1.29, 1.82) is 0 Å². The molecule has 0 radical (unpaired) electrons. The van der Waals surface area contributed by atoms with Crippen molar-refractivity contribution in [3.05, 3.63) is 35.9 Å². The van der Waals surface area contributed by atoms with Crippen LogP contribution < -0.4 is 33.2 Å². The average Bonchev–Trinajstić information content (AvgIpc) is 2.83. The zero-order valence-corrected chi connectivity index (χ0v) is 21.4. The molecule has 1 rings (SSSR count). The van der Waals surface area contributed by atoms with Gasteiger partial charge in [-0.2, -0.15) is 11.8 Å². The molecule has 1 aromatic rings. The van der Waals surface area contributed by atoms with E-state index >= 15 is 0 Å². The van der Waals surface area contributed by atoms with Gasteiger partial charge in [0.15, 0.2) is 5.96 Å². The number of thioether (sulfide) groups is 1. The fourth-order valence-electron chi connectivity index (χ4n) is 3.15. The summed E-state index contributed by atoms with van der Waals surface area (Å²) in [5.74, 6) is -2.39. The Morgan fingerprint density at radius 1 is 0.972 bits per heavy atom. The van der Waals surface area contributed by atoms with Gasteiger partial charge in [-0.3, -0.25) is 19.4 Å². The summed E-state index contributed by atoms with van der Waals surface area (Å²) in [6.07, 6.45) is 2.90. The number of aliphatic carboxylic acids is 1. The lowest BCUT2D eigenvalue weighted by Crippen LogP contribution is -2.56. The van der Waals surface area contributed by atoms with Crippen molar-refractivity contribution in [3.8, 4) is 0 Å². The third kappa shape index (κ3) is 11.9. The Labute approximate surface area is 215 Å². The predicted molar refractivity (Wildman–Crippen MR) is 140 cm³/mol. The molecule has 0 aliphatic rings. The number of guanidine groups is 1. The van der Waals surface area contributed by atoms with Gasteiger partial charge in [0, 0.05) is 13.0 Å². The molecule has 4 atom stereocenters. The third-order valence-electron chi connectivity index (χ3n) is 5.20. The van der Waals surface area contributed by atoms with E-state index in [1.165, 1.54) is 6.92 Å². The molecular weight excluding hydrogens is 486 g/mol. The Kier molecular flexibility index (Phi) is 14.0. The number of nitrogens with one attached hydrogen (secondary N) is 3. The summed E-state index contributed by atoms with van der Waals surface area (Å²) in [5, 5.41) is 17.2. The van der Waals surface area contributed by atoms with Gasteiger partial charge >= 0.3 is 5.97 Å². The van der Waals surface area contributed by atoms with Gasteiger partial charge in [0.1, 0.15) is 18.1 Å². The molecule has 0 saturated carbocycles. The van der Waals surface area contributed by atoms with Crippen molar-refractivity contribution < 1.29 is 24.3 Å². The minimum absolute atomic E-state index is 0.0664. The second-order valence-electron chi connectivity index (χ2n) is 8.22. The first-order valence-electron chi connectivity index (χ1n) is 11.5. The summed E-state index contributed by atoms with van der Waals surface area (Å²) in [7, 11) is 0. The van der Waals surface area contributed by atoms with Crippen LogP contribution in [0, 0.1) is 0 Å². The number of carbonyl (C=O) groups excluding carboxylic acids is 3. The molecule has 4 unspecified atom stereocenters. The van der Waals surface area contributed by atoms with Gasteiger partial charge in [0.05, 0.1) is 6.04 Å². The lowest BCUT2D eigenvalue weighted by molar-refractivity contribution is -0.142. The molecule has 0 fully saturated rings. The molecule has 200 valence electrons. The maximum Gasteiger partial charge on any atom is 0.326 e. The smallest absolute Gasteiger partial charge is 0.326 e. The quantitative estimate of drug-likeness (QED) is 0.0795. The topological polar surface area (TPSA) is 215 Å². The van der Waals surface area contributed by atoms with E-state index in [0.29, 0.717) is 18.6 Å². The molecule has 3 amide bonds. The number of carbonyl (C=O) groups is 4. The largest absolute Gasteiger partial charge is 0.480 e. The monoisotopic (exact) mass is 523 g/mol. The first-order chi connectivity index (χ1) is 17.0. The molecule has 36 heavy (non-hydrogen) atoms. The Balaban J connectivity index is 2.87. The zero-order chi connectivity index (χ0) is 27.1. The van der Waals surface area contributed by atoms with E-state index in [2.05, 4.69) is 20.9 Å². The first kappa shape index (κ1) is 30.7. The summed E-state index contributed by atoms with van der Waals surface area (Å²) in [6.45, 7) is 1.68. The van der Waals surface area contributed by atoms with Crippen LogP contribution in [0.1, 0.15) is 31.7 Å². The number of carboxylic acid groups (broad SMARTS) is 1. The standard InChI is InChI=1S/C23H37N7O5S/c1-14(28-20(32)16(24)10-12-36-2)19(31)29-17(9-6-11-27-23(25)26)21(33)30-18(22(34)35)13-15-7-4-3-5-8-15/h3-5,7-8,14,16-18H,6,9-13,24H2,1-2H3,(H,28,32)(H,29,31)(H,30,33)(H,34,35)(H4,25,26,27). The van der Waals surface area contributed by atoms with E-state index in [1.807, 2.05) is 6.26 Å². The van der Waals surface area contributed by atoms with Gasteiger partial charge in [-0.15, -0.1) is 0 Å². The summed E-state index contributed by atoms with van der Waals surface area (Å²) >= 11 is 1.55. The lowest BCUT2D eigenvalue weighted by Gasteiger charge is -2.24. The van der Waals surface area contributed by atoms with E-state index < -0.39 is 47.9 Å². The van der Waals surface area contributed by atoms with Gasteiger partial charge in [-0.05, 0) is 43.8 Å². The Bertz CT molecular complexity index is 896. The fraction of sp³-hybridized carbons (Fsp3) is 0.522. The number of hydrogen-bond donors (Lipinski definition) is 7. The molecular formula is C23H37N7O5S. The van der Waals surface area contributed by atoms with E-state index in [1.54, 1.807) is 42.1 Å². The van der Waals surface area contributed by atoms with E-state index in [0.717, 1.165) is 5.56 Å². The molecule has 13 heteroatoms. The normalized spacial score (nSPS) is 14.0. The highest BCUT2D eigenvalue weighted by molar-refractivity contribution is 7.98. The number of nitrogens with two attached hydrogens (primary N) is 3. The van der Waals surface area contributed by atoms with Crippen molar-refractivity contribution in [3.63, 3.8) is 0 Å². The van der Waals surface area contributed by atoms with Crippen LogP contribution >= 0.6 is 11.8 Å². The molecule has 0 aliphatic heterocycles. The second-order valence-corrected chi connectivity index (χ2v) is 9.20. The fourth-order valence-corrected chi connectivity index (χ4v) is 3.64. The predicted octanol–water partition coefficient (Wildman–Crippen LogP) is -1.08. The van der Waals surface area contributed by atoms with Crippen LogP contribution in [-0.4, -0.2) is 77.5 Å². The highest BCUT2D eigenvalue weighted by Gasteiger charge is 2.28. The van der Waals surface area contributed by atoms with Crippen LogP contribution in [0.3, 0.4) is 0 Å². The molecule has 0 bridgehead atoms. The maximum absolute atomic E-state index is 13.0. The van der Waals surface area contributed by atoms with E-state index in [-0.39, 0.29) is 25.3 Å². The van der Waals surface area contributed by atoms with Gasteiger partial charge in [0.25, 0.3) is 0 Å². The highest BCUT2D eigenvalue weighted by Crippen LogP contribution is 2.06. The molecule has 0 aromatic heterocycles. The van der Waals surface area contributed by atoms with Gasteiger partial charge in [-0.25, -0.2) is 4.79 Å². The molecule has 12 nitrogen and oxygen atoms in total. The summed E-state index contributed by atoms with van der Waals surface area (Å²) in [5.41, 5.74) is 17.2. The maximum atomic E-state index is 13.0. The van der Waals surface area contributed by atoms with Crippen molar-refractivity contribution >= 4 is 41.4 Å². The zero-order valence-electron chi connectivity index (χ0n) is 20.6. The number of aliphatic imine (C=N–C) groups is 1. The van der Waals surface area contributed by atoms with Crippen molar-refractivity contribution in [2.75, 3.05) is 18.6 Å². The molecule has 0 heterocycles. The number of carboxylic acids is 1. The molecule has 10 N–H and O–H groups in total.